The van der Waals surface area contributed by atoms with Crippen molar-refractivity contribution in [1.82, 2.24) is 4.90 Å². The lowest BCUT2D eigenvalue weighted by Crippen LogP contribution is -2.34. The van der Waals surface area contributed by atoms with Crippen LogP contribution < -0.4 is 5.32 Å². The third-order valence-corrected chi connectivity index (χ3v) is 4.47. The summed E-state index contributed by atoms with van der Waals surface area (Å²) in [6.07, 6.45) is 0.180. The van der Waals surface area contributed by atoms with E-state index in [1.54, 1.807) is 12.1 Å². The lowest BCUT2D eigenvalue weighted by atomic mass is 10.1. The van der Waals surface area contributed by atoms with Gasteiger partial charge in [0.25, 0.3) is 5.91 Å². The predicted molar refractivity (Wildman–Crippen MR) is 95.0 cm³/mol. The number of aryl methyl sites for hydroxylation is 2. The van der Waals surface area contributed by atoms with Crippen molar-refractivity contribution in [2.24, 2.45) is 0 Å². The van der Waals surface area contributed by atoms with Crippen LogP contribution in [0.2, 0.25) is 5.02 Å². The van der Waals surface area contributed by atoms with Gasteiger partial charge in [0.15, 0.2) is 0 Å². The smallest absolute Gasteiger partial charge is 0.252 e. The van der Waals surface area contributed by atoms with Gasteiger partial charge >= 0.3 is 0 Å². The highest BCUT2D eigenvalue weighted by Crippen LogP contribution is 2.23. The molecule has 0 unspecified atom stereocenters. The summed E-state index contributed by atoms with van der Waals surface area (Å²) in [6, 6.07) is 12.7. The number of imide groups is 1. The summed E-state index contributed by atoms with van der Waals surface area (Å²) < 4.78 is 0. The van der Waals surface area contributed by atoms with Crippen LogP contribution in [0.1, 0.15) is 23.1 Å². The van der Waals surface area contributed by atoms with E-state index in [-0.39, 0.29) is 24.8 Å². The molecule has 1 N–H and O–H groups in total. The Morgan fingerprint density at radius 2 is 1.83 bits per heavy atom. The van der Waals surface area contributed by atoms with Crippen LogP contribution in [-0.4, -0.2) is 22.8 Å². The van der Waals surface area contributed by atoms with Crippen molar-refractivity contribution in [2.45, 2.75) is 32.9 Å². The Morgan fingerprint density at radius 1 is 1.12 bits per heavy atom. The number of anilines is 1. The Labute approximate surface area is 146 Å². The van der Waals surface area contributed by atoms with Crippen LogP contribution >= 0.6 is 11.6 Å². The van der Waals surface area contributed by atoms with E-state index in [9.17, 15) is 9.59 Å². The van der Waals surface area contributed by atoms with Crippen LogP contribution in [0.15, 0.2) is 42.5 Å². The summed E-state index contributed by atoms with van der Waals surface area (Å²) in [6.45, 7) is 4.26. The quantitative estimate of drug-likeness (QED) is 0.862. The number of nitrogens with one attached hydrogen (secondary N) is 1. The molecule has 1 fully saturated rings. The van der Waals surface area contributed by atoms with Gasteiger partial charge in [0.1, 0.15) is 6.04 Å². The molecule has 4 nitrogen and oxygen atoms in total. The highest BCUT2D eigenvalue weighted by molar-refractivity contribution is 6.30. The van der Waals surface area contributed by atoms with Gasteiger partial charge in [-0.25, -0.2) is 0 Å². The van der Waals surface area contributed by atoms with Crippen LogP contribution in [-0.2, 0) is 16.1 Å². The minimum Gasteiger partial charge on any atom is -0.373 e. The maximum Gasteiger partial charge on any atom is 0.252 e. The van der Waals surface area contributed by atoms with Crippen molar-refractivity contribution in [3.63, 3.8) is 0 Å². The van der Waals surface area contributed by atoms with Crippen molar-refractivity contribution in [3.05, 3.63) is 64.2 Å². The number of amides is 2. The van der Waals surface area contributed by atoms with Crippen molar-refractivity contribution >= 4 is 29.1 Å². The van der Waals surface area contributed by atoms with Crippen LogP contribution in [0.5, 0.6) is 0 Å². The molecule has 1 aliphatic rings. The SMILES string of the molecule is Cc1ccc(C)c(N[C@@H]2CC(=O)N(Cc3ccc(Cl)cc3)C2=O)c1. The topological polar surface area (TPSA) is 49.4 Å². The highest BCUT2D eigenvalue weighted by Gasteiger charge is 2.38. The number of rotatable bonds is 4. The molecule has 0 saturated carbocycles. The van der Waals surface area contributed by atoms with E-state index in [0.29, 0.717) is 5.02 Å². The van der Waals surface area contributed by atoms with Crippen LogP contribution in [0.3, 0.4) is 0 Å². The van der Waals surface area contributed by atoms with E-state index in [4.69, 9.17) is 11.6 Å². The first-order valence-corrected chi connectivity index (χ1v) is 8.24. The maximum absolute atomic E-state index is 12.6. The number of nitrogens with zero attached hydrogens (tertiary/aromatic N) is 1. The number of carbonyl (C=O) groups is 2. The molecule has 2 aromatic carbocycles. The first kappa shape index (κ1) is 16.5. The van der Waals surface area contributed by atoms with Crippen LogP contribution in [0.25, 0.3) is 0 Å². The molecular weight excluding hydrogens is 324 g/mol. The molecule has 124 valence electrons. The van der Waals surface area contributed by atoms with Gasteiger partial charge in [0, 0.05) is 10.7 Å². The van der Waals surface area contributed by atoms with E-state index in [2.05, 4.69) is 5.32 Å². The van der Waals surface area contributed by atoms with Gasteiger partial charge in [-0.2, -0.15) is 0 Å². The fourth-order valence-electron chi connectivity index (χ4n) is 2.81. The second-order valence-corrected chi connectivity index (χ2v) is 6.60. The molecule has 2 aromatic rings. The van der Waals surface area contributed by atoms with Gasteiger partial charge in [-0.05, 0) is 48.7 Å². The molecule has 0 radical (unpaired) electrons. The second kappa shape index (κ2) is 6.65. The minimum atomic E-state index is -0.509. The van der Waals surface area contributed by atoms with Gasteiger partial charge in [-0.1, -0.05) is 35.9 Å². The number of hydrogen-bond acceptors (Lipinski definition) is 3. The number of likely N-dealkylation sites (tertiary alicyclic amines) is 1. The van der Waals surface area contributed by atoms with Crippen LogP contribution in [0.4, 0.5) is 5.69 Å². The minimum absolute atomic E-state index is 0.155. The zero-order chi connectivity index (χ0) is 17.3. The van der Waals surface area contributed by atoms with E-state index in [1.165, 1.54) is 4.90 Å². The zero-order valence-corrected chi connectivity index (χ0v) is 14.4. The predicted octanol–water partition coefficient (Wildman–Crippen LogP) is 3.70. The number of carbonyl (C=O) groups excluding carboxylic acids is 2. The van der Waals surface area contributed by atoms with Gasteiger partial charge < -0.3 is 5.32 Å². The largest absolute Gasteiger partial charge is 0.373 e. The lowest BCUT2D eigenvalue weighted by molar-refractivity contribution is -0.139. The summed E-state index contributed by atoms with van der Waals surface area (Å²) in [5, 5.41) is 3.85. The Morgan fingerprint density at radius 3 is 2.54 bits per heavy atom. The molecule has 1 aliphatic heterocycles. The molecule has 0 aromatic heterocycles. The summed E-state index contributed by atoms with van der Waals surface area (Å²) in [5.41, 5.74) is 3.94. The number of halogens is 1. The van der Waals surface area contributed by atoms with Gasteiger partial charge in [0.2, 0.25) is 5.91 Å². The standard InChI is InChI=1S/C19H19ClN2O2/c1-12-3-4-13(2)16(9-12)21-17-10-18(23)22(19(17)24)11-14-5-7-15(20)8-6-14/h3-9,17,21H,10-11H2,1-2H3/t17-/m1/s1. The highest BCUT2D eigenvalue weighted by atomic mass is 35.5. The molecule has 1 saturated heterocycles. The summed E-state index contributed by atoms with van der Waals surface area (Å²) >= 11 is 5.87. The molecule has 0 spiro atoms. The Bertz CT molecular complexity index is 786. The molecular formula is C19H19ClN2O2. The first-order valence-electron chi connectivity index (χ1n) is 7.86. The molecule has 0 bridgehead atoms. The normalized spacial score (nSPS) is 17.5. The molecule has 3 rings (SSSR count). The molecule has 24 heavy (non-hydrogen) atoms. The van der Waals surface area contributed by atoms with Gasteiger partial charge in [-0.3, -0.25) is 14.5 Å². The molecule has 1 heterocycles. The van der Waals surface area contributed by atoms with Crippen molar-refractivity contribution < 1.29 is 9.59 Å². The van der Waals surface area contributed by atoms with Gasteiger partial charge in [-0.15, -0.1) is 0 Å². The summed E-state index contributed by atoms with van der Waals surface area (Å²) in [7, 11) is 0. The van der Waals surface area contributed by atoms with E-state index in [0.717, 1.165) is 22.4 Å². The van der Waals surface area contributed by atoms with Crippen molar-refractivity contribution in [3.8, 4) is 0 Å². The molecule has 5 heteroatoms. The molecule has 1 atom stereocenters. The third-order valence-electron chi connectivity index (χ3n) is 4.22. The van der Waals surface area contributed by atoms with Gasteiger partial charge in [0.05, 0.1) is 13.0 Å². The average molecular weight is 343 g/mol. The number of benzene rings is 2. The lowest BCUT2D eigenvalue weighted by Gasteiger charge is -2.17. The van der Waals surface area contributed by atoms with Crippen molar-refractivity contribution in [1.29, 1.82) is 0 Å². The Kier molecular flexibility index (Phi) is 4.58. The van der Waals surface area contributed by atoms with E-state index in [1.807, 2.05) is 44.2 Å². The monoisotopic (exact) mass is 342 g/mol. The van der Waals surface area contributed by atoms with Crippen LogP contribution in [0, 0.1) is 13.8 Å². The summed E-state index contributed by atoms with van der Waals surface area (Å²) in [5.74, 6) is -0.339. The Balaban J connectivity index is 1.74. The Hall–Kier alpha value is -2.33. The third kappa shape index (κ3) is 3.44. The zero-order valence-electron chi connectivity index (χ0n) is 13.7. The number of hydrogen-bond donors (Lipinski definition) is 1. The average Bonchev–Trinajstić information content (AvgIpc) is 2.80. The fraction of sp³-hybridized carbons (Fsp3) is 0.263. The maximum atomic E-state index is 12.6. The van der Waals surface area contributed by atoms with E-state index >= 15 is 0 Å². The van der Waals surface area contributed by atoms with E-state index < -0.39 is 6.04 Å². The second-order valence-electron chi connectivity index (χ2n) is 6.16. The van der Waals surface area contributed by atoms with Crippen molar-refractivity contribution in [2.75, 3.05) is 5.32 Å². The fourth-order valence-corrected chi connectivity index (χ4v) is 2.94. The molecule has 2 amide bonds. The first-order chi connectivity index (χ1) is 11.4. The molecule has 0 aliphatic carbocycles. The summed E-state index contributed by atoms with van der Waals surface area (Å²) in [4.78, 5) is 26.2.